The van der Waals surface area contributed by atoms with Gasteiger partial charge in [-0.15, -0.1) is 0 Å². The molecule has 0 heterocycles. The molecule has 0 aliphatic rings. The van der Waals surface area contributed by atoms with E-state index in [2.05, 4.69) is 20.8 Å². The second kappa shape index (κ2) is 17.4. The first-order valence-corrected chi connectivity index (χ1v) is 10.8. The van der Waals surface area contributed by atoms with Gasteiger partial charge in [0.05, 0.1) is 12.7 Å². The first kappa shape index (κ1) is 24.9. The smallest absolute Gasteiger partial charge is 0.306 e. The van der Waals surface area contributed by atoms with Crippen LogP contribution in [0.15, 0.2) is 0 Å². The van der Waals surface area contributed by atoms with Crippen LogP contribution >= 0.6 is 0 Å². The van der Waals surface area contributed by atoms with E-state index < -0.39 is 0 Å². The summed E-state index contributed by atoms with van der Waals surface area (Å²) in [5.41, 5.74) is 0. The van der Waals surface area contributed by atoms with Crippen LogP contribution in [0, 0.1) is 5.92 Å². The van der Waals surface area contributed by atoms with Crippen molar-refractivity contribution in [3.63, 3.8) is 0 Å². The van der Waals surface area contributed by atoms with Crippen molar-refractivity contribution in [2.45, 2.75) is 117 Å². The summed E-state index contributed by atoms with van der Waals surface area (Å²) in [7, 11) is 0. The molecule has 0 N–H and O–H groups in total. The predicted molar refractivity (Wildman–Crippen MR) is 107 cm³/mol. The van der Waals surface area contributed by atoms with E-state index in [1.807, 2.05) is 6.92 Å². The molecule has 4 heteroatoms. The molecule has 0 fully saturated rings. The lowest BCUT2D eigenvalue weighted by atomic mass is 10.0. The van der Waals surface area contributed by atoms with E-state index in [-0.39, 0.29) is 18.0 Å². The van der Waals surface area contributed by atoms with Gasteiger partial charge in [0.2, 0.25) is 0 Å². The van der Waals surface area contributed by atoms with Gasteiger partial charge in [0.1, 0.15) is 0 Å². The van der Waals surface area contributed by atoms with E-state index in [0.717, 1.165) is 64.2 Å². The number of ether oxygens (including phenoxy) is 2. The SMILES string of the molecule is CCCCOC(=O)CCCCCCCCC(=O)OC(C)CCCC(C)C. The van der Waals surface area contributed by atoms with Gasteiger partial charge in [0, 0.05) is 12.8 Å². The minimum Gasteiger partial charge on any atom is -0.466 e. The molecule has 0 aromatic rings. The van der Waals surface area contributed by atoms with Crippen LogP contribution in [-0.2, 0) is 19.1 Å². The Morgan fingerprint density at radius 2 is 1.31 bits per heavy atom. The Morgan fingerprint density at radius 1 is 0.731 bits per heavy atom. The van der Waals surface area contributed by atoms with E-state index in [9.17, 15) is 9.59 Å². The van der Waals surface area contributed by atoms with Crippen molar-refractivity contribution in [3.8, 4) is 0 Å². The van der Waals surface area contributed by atoms with Crippen LogP contribution in [0.5, 0.6) is 0 Å². The Balaban J connectivity index is 3.41. The largest absolute Gasteiger partial charge is 0.466 e. The monoisotopic (exact) mass is 370 g/mol. The summed E-state index contributed by atoms with van der Waals surface area (Å²) in [4.78, 5) is 23.2. The molecular formula is C22H42O4. The van der Waals surface area contributed by atoms with Crippen LogP contribution in [-0.4, -0.2) is 24.6 Å². The van der Waals surface area contributed by atoms with Crippen LogP contribution in [0.4, 0.5) is 0 Å². The highest BCUT2D eigenvalue weighted by atomic mass is 16.5. The molecule has 0 saturated carbocycles. The molecule has 1 unspecified atom stereocenters. The number of esters is 2. The summed E-state index contributed by atoms with van der Waals surface area (Å²) in [6.07, 6.45) is 12.5. The fraction of sp³-hybridized carbons (Fsp3) is 0.909. The molecule has 0 bridgehead atoms. The maximum atomic E-state index is 11.8. The summed E-state index contributed by atoms with van der Waals surface area (Å²) in [5, 5.41) is 0. The molecule has 1 atom stereocenters. The minimum atomic E-state index is -0.0660. The summed E-state index contributed by atoms with van der Waals surface area (Å²) in [6, 6.07) is 0. The van der Waals surface area contributed by atoms with Gasteiger partial charge < -0.3 is 9.47 Å². The van der Waals surface area contributed by atoms with E-state index in [4.69, 9.17) is 9.47 Å². The summed E-state index contributed by atoms with van der Waals surface area (Å²) in [5.74, 6) is 0.588. The third-order valence-electron chi connectivity index (χ3n) is 4.50. The number of unbranched alkanes of at least 4 members (excludes halogenated alkanes) is 6. The van der Waals surface area contributed by atoms with Crippen molar-refractivity contribution in [1.29, 1.82) is 0 Å². The highest BCUT2D eigenvalue weighted by Gasteiger charge is 2.09. The van der Waals surface area contributed by atoms with E-state index in [1.165, 1.54) is 6.42 Å². The minimum absolute atomic E-state index is 0.0401. The fourth-order valence-electron chi connectivity index (χ4n) is 2.80. The van der Waals surface area contributed by atoms with Crippen LogP contribution < -0.4 is 0 Å². The zero-order valence-corrected chi connectivity index (χ0v) is 17.7. The number of carbonyl (C=O) groups excluding carboxylic acids is 2. The van der Waals surface area contributed by atoms with Gasteiger partial charge in [-0.3, -0.25) is 9.59 Å². The Hall–Kier alpha value is -1.06. The number of hydrogen-bond donors (Lipinski definition) is 0. The van der Waals surface area contributed by atoms with Crippen molar-refractivity contribution in [3.05, 3.63) is 0 Å². The lowest BCUT2D eigenvalue weighted by molar-refractivity contribution is -0.148. The topological polar surface area (TPSA) is 52.6 Å². The third-order valence-corrected chi connectivity index (χ3v) is 4.50. The van der Waals surface area contributed by atoms with Crippen LogP contribution in [0.25, 0.3) is 0 Å². The van der Waals surface area contributed by atoms with Gasteiger partial charge in [0.25, 0.3) is 0 Å². The molecule has 26 heavy (non-hydrogen) atoms. The van der Waals surface area contributed by atoms with Gasteiger partial charge in [-0.1, -0.05) is 59.3 Å². The molecule has 4 nitrogen and oxygen atoms in total. The lowest BCUT2D eigenvalue weighted by Crippen LogP contribution is -2.14. The normalized spacial score (nSPS) is 12.2. The number of rotatable bonds is 17. The molecule has 0 amide bonds. The Morgan fingerprint density at radius 3 is 1.88 bits per heavy atom. The first-order valence-electron chi connectivity index (χ1n) is 10.8. The fourth-order valence-corrected chi connectivity index (χ4v) is 2.80. The highest BCUT2D eigenvalue weighted by molar-refractivity contribution is 5.69. The molecule has 154 valence electrons. The molecule has 0 rings (SSSR count). The van der Waals surface area contributed by atoms with Crippen LogP contribution in [0.3, 0.4) is 0 Å². The van der Waals surface area contributed by atoms with Gasteiger partial charge in [-0.2, -0.15) is 0 Å². The van der Waals surface area contributed by atoms with Gasteiger partial charge in [0.15, 0.2) is 0 Å². The zero-order chi connectivity index (χ0) is 19.6. The zero-order valence-electron chi connectivity index (χ0n) is 17.7. The predicted octanol–water partition coefficient (Wildman–Crippen LogP) is 6.21. The molecule has 0 spiro atoms. The molecule has 0 saturated heterocycles. The summed E-state index contributed by atoms with van der Waals surface area (Å²) >= 11 is 0. The number of carbonyl (C=O) groups is 2. The maximum Gasteiger partial charge on any atom is 0.306 e. The van der Waals surface area contributed by atoms with Crippen LogP contribution in [0.1, 0.15) is 111 Å². The van der Waals surface area contributed by atoms with E-state index in [0.29, 0.717) is 25.4 Å². The van der Waals surface area contributed by atoms with Gasteiger partial charge in [-0.05, 0) is 44.9 Å². The molecule has 0 radical (unpaired) electrons. The van der Waals surface area contributed by atoms with E-state index >= 15 is 0 Å². The molecule has 0 aromatic carbocycles. The van der Waals surface area contributed by atoms with Crippen molar-refractivity contribution in [2.24, 2.45) is 5.92 Å². The Labute approximate surface area is 161 Å². The van der Waals surface area contributed by atoms with Gasteiger partial charge in [-0.25, -0.2) is 0 Å². The molecule has 0 aromatic heterocycles. The lowest BCUT2D eigenvalue weighted by Gasteiger charge is -2.13. The van der Waals surface area contributed by atoms with Crippen molar-refractivity contribution < 1.29 is 19.1 Å². The highest BCUT2D eigenvalue weighted by Crippen LogP contribution is 2.13. The molecule has 0 aliphatic carbocycles. The van der Waals surface area contributed by atoms with Crippen molar-refractivity contribution >= 4 is 11.9 Å². The second-order valence-electron chi connectivity index (χ2n) is 7.82. The Bertz CT molecular complexity index is 352. The summed E-state index contributed by atoms with van der Waals surface area (Å²) in [6.45, 7) is 9.07. The average Bonchev–Trinajstić information content (AvgIpc) is 2.57. The average molecular weight is 371 g/mol. The van der Waals surface area contributed by atoms with E-state index in [1.54, 1.807) is 0 Å². The number of hydrogen-bond acceptors (Lipinski definition) is 4. The Kier molecular flexibility index (Phi) is 16.7. The standard InChI is InChI=1S/C22H42O4/c1-5-6-18-25-21(23)16-11-9-7-8-10-12-17-22(24)26-20(4)15-13-14-19(2)3/h19-20H,5-18H2,1-4H3. The van der Waals surface area contributed by atoms with Crippen molar-refractivity contribution in [2.75, 3.05) is 6.61 Å². The quantitative estimate of drug-likeness (QED) is 0.226. The maximum absolute atomic E-state index is 11.8. The molecule has 0 aliphatic heterocycles. The first-order chi connectivity index (χ1) is 12.5. The van der Waals surface area contributed by atoms with Crippen molar-refractivity contribution in [1.82, 2.24) is 0 Å². The van der Waals surface area contributed by atoms with Gasteiger partial charge >= 0.3 is 11.9 Å². The van der Waals surface area contributed by atoms with Crippen LogP contribution in [0.2, 0.25) is 0 Å². The molecular weight excluding hydrogens is 328 g/mol. The second-order valence-corrected chi connectivity index (χ2v) is 7.82. The summed E-state index contributed by atoms with van der Waals surface area (Å²) < 4.78 is 10.6. The third kappa shape index (κ3) is 17.8.